The maximum atomic E-state index is 14.3. The van der Waals surface area contributed by atoms with Gasteiger partial charge < -0.3 is 0 Å². The van der Waals surface area contributed by atoms with E-state index >= 15 is 0 Å². The average Bonchev–Trinajstić information content (AvgIpc) is 3.61. The van der Waals surface area contributed by atoms with E-state index in [1.165, 1.54) is 17.4 Å². The Balaban J connectivity index is 1.41. The smallest absolute Gasteiger partial charge is 0.282 e. The number of rotatable bonds is 4. The van der Waals surface area contributed by atoms with Crippen LogP contribution in [0.4, 0.5) is 24.7 Å². The molecular weight excluding hydrogens is 565 g/mol. The van der Waals surface area contributed by atoms with Crippen molar-refractivity contribution in [2.24, 2.45) is 4.99 Å². The van der Waals surface area contributed by atoms with Crippen LogP contribution < -0.4 is 10.4 Å². The molecule has 0 aliphatic carbocycles. The Morgan fingerprint density at radius 3 is 2.57 bits per heavy atom. The Bertz CT molecular complexity index is 1740. The minimum absolute atomic E-state index is 0.0123. The number of thiazole rings is 2. The SMILES string of the molecule is O=[N+]([O-])c1cc2nc(/N=C3\CC(c4ccccc4)N(c4nc5ccc(F)c(Cl)c5s4)N3)sc2c(Cl)c1F. The zero-order valence-electron chi connectivity index (χ0n) is 18.3. The summed E-state index contributed by atoms with van der Waals surface area (Å²) >= 11 is 14.5. The fourth-order valence-electron chi connectivity index (χ4n) is 4.03. The monoisotopic (exact) mass is 576 g/mol. The van der Waals surface area contributed by atoms with Crippen LogP contribution in [0.15, 0.2) is 53.5 Å². The van der Waals surface area contributed by atoms with E-state index in [1.807, 2.05) is 35.3 Å². The minimum Gasteiger partial charge on any atom is -0.282 e. The zero-order valence-corrected chi connectivity index (χ0v) is 21.4. The number of nitro benzene ring substituents is 1. The number of aromatic nitrogens is 2. The van der Waals surface area contributed by atoms with Gasteiger partial charge in [0, 0.05) is 12.5 Å². The van der Waals surface area contributed by atoms with Gasteiger partial charge in [0.15, 0.2) is 0 Å². The quantitative estimate of drug-likeness (QED) is 0.175. The molecule has 1 fully saturated rings. The molecule has 8 nitrogen and oxygen atoms in total. The average molecular weight is 577 g/mol. The number of hydrogen-bond acceptors (Lipinski definition) is 8. The third kappa shape index (κ3) is 4.15. The van der Waals surface area contributed by atoms with E-state index in [4.69, 9.17) is 23.2 Å². The number of nitrogens with one attached hydrogen (secondary N) is 1. The number of hydrazine groups is 1. The van der Waals surface area contributed by atoms with Gasteiger partial charge in [0.25, 0.3) is 0 Å². The van der Waals surface area contributed by atoms with Gasteiger partial charge in [0.05, 0.1) is 36.4 Å². The highest BCUT2D eigenvalue weighted by atomic mass is 35.5. The van der Waals surface area contributed by atoms with E-state index < -0.39 is 22.2 Å². The lowest BCUT2D eigenvalue weighted by Crippen LogP contribution is -2.34. The summed E-state index contributed by atoms with van der Waals surface area (Å²) in [5.41, 5.74) is 4.23. The Labute approximate surface area is 224 Å². The normalized spacial score (nSPS) is 16.7. The second-order valence-electron chi connectivity index (χ2n) is 8.00. The van der Waals surface area contributed by atoms with Crippen molar-refractivity contribution in [1.82, 2.24) is 15.4 Å². The third-order valence-corrected chi connectivity index (χ3v) is 8.76. The van der Waals surface area contributed by atoms with Gasteiger partial charge in [0.2, 0.25) is 16.1 Å². The first-order valence-corrected chi connectivity index (χ1v) is 13.0. The maximum absolute atomic E-state index is 14.3. The summed E-state index contributed by atoms with van der Waals surface area (Å²) in [4.78, 5) is 23.9. The van der Waals surface area contributed by atoms with Gasteiger partial charge >= 0.3 is 5.69 Å². The van der Waals surface area contributed by atoms with Gasteiger partial charge in [-0.3, -0.25) is 20.5 Å². The van der Waals surface area contributed by atoms with Crippen LogP contribution >= 0.6 is 45.9 Å². The summed E-state index contributed by atoms with van der Waals surface area (Å²) < 4.78 is 29.1. The molecule has 1 N–H and O–H groups in total. The van der Waals surface area contributed by atoms with Gasteiger partial charge in [-0.25, -0.2) is 19.4 Å². The highest BCUT2D eigenvalue weighted by Crippen LogP contribution is 2.42. The molecule has 5 aromatic rings. The van der Waals surface area contributed by atoms with Crippen molar-refractivity contribution in [2.75, 3.05) is 5.01 Å². The summed E-state index contributed by atoms with van der Waals surface area (Å²) in [5, 5.41) is 13.4. The molecule has 1 atom stereocenters. The fourth-order valence-corrected chi connectivity index (χ4v) is 6.49. The molecule has 1 unspecified atom stereocenters. The first kappa shape index (κ1) is 23.9. The van der Waals surface area contributed by atoms with E-state index in [0.717, 1.165) is 23.0 Å². The Morgan fingerprint density at radius 2 is 1.81 bits per heavy atom. The number of anilines is 1. The molecule has 3 heterocycles. The lowest BCUT2D eigenvalue weighted by Gasteiger charge is -2.23. The molecule has 1 aliphatic heterocycles. The summed E-state index contributed by atoms with van der Waals surface area (Å²) in [6.07, 6.45) is 0.445. The molecule has 0 amide bonds. The molecule has 3 aromatic carbocycles. The number of amidine groups is 1. The standard InChI is InChI=1S/C23H12Cl2F2N6O2S2/c24-17-11(26)6-7-12-20(17)37-23(29-12)32-14(10-4-2-1-3-5-10)9-16(31-32)30-22-28-13-8-15(33(34)35)19(27)18(25)21(13)36-22/h1-8,14H,9H2,(H,28,30,31). The molecule has 0 spiro atoms. The number of benzene rings is 3. The van der Waals surface area contributed by atoms with Crippen LogP contribution in [0.3, 0.4) is 0 Å². The predicted molar refractivity (Wildman–Crippen MR) is 142 cm³/mol. The van der Waals surface area contributed by atoms with E-state index in [0.29, 0.717) is 27.6 Å². The molecule has 1 aliphatic rings. The second-order valence-corrected chi connectivity index (χ2v) is 10.7. The second kappa shape index (κ2) is 9.14. The number of nitro groups is 1. The Morgan fingerprint density at radius 1 is 1.05 bits per heavy atom. The topological polar surface area (TPSA) is 96.5 Å². The third-order valence-electron chi connectivity index (χ3n) is 5.74. The minimum atomic E-state index is -1.11. The summed E-state index contributed by atoms with van der Waals surface area (Å²) in [6.45, 7) is 0. The van der Waals surface area contributed by atoms with E-state index in [-0.39, 0.29) is 31.4 Å². The van der Waals surface area contributed by atoms with Crippen molar-refractivity contribution in [1.29, 1.82) is 0 Å². The lowest BCUT2D eigenvalue weighted by molar-refractivity contribution is -0.387. The van der Waals surface area contributed by atoms with Crippen LogP contribution in [-0.2, 0) is 0 Å². The van der Waals surface area contributed by atoms with Crippen molar-refractivity contribution in [3.05, 3.63) is 85.9 Å². The maximum Gasteiger partial charge on any atom is 0.308 e. The van der Waals surface area contributed by atoms with Gasteiger partial charge in [-0.15, -0.1) is 0 Å². The fraction of sp³-hybridized carbons (Fsp3) is 0.0870. The molecule has 6 rings (SSSR count). The number of hydrogen-bond donors (Lipinski definition) is 1. The first-order valence-electron chi connectivity index (χ1n) is 10.7. The zero-order chi connectivity index (χ0) is 25.8. The van der Waals surface area contributed by atoms with E-state index in [9.17, 15) is 18.9 Å². The number of aliphatic imine (C=N–C) groups is 1. The van der Waals surface area contributed by atoms with Crippen molar-refractivity contribution in [3.8, 4) is 0 Å². The molecule has 0 bridgehead atoms. The van der Waals surface area contributed by atoms with Crippen LogP contribution in [0.2, 0.25) is 10.0 Å². The molecule has 14 heteroatoms. The van der Waals surface area contributed by atoms with Crippen LogP contribution in [0.25, 0.3) is 20.4 Å². The Hall–Kier alpha value is -3.45. The number of halogens is 4. The lowest BCUT2D eigenvalue weighted by atomic mass is 10.0. The van der Waals surface area contributed by atoms with Crippen molar-refractivity contribution in [3.63, 3.8) is 0 Å². The number of nitrogens with zero attached hydrogens (tertiary/aromatic N) is 5. The highest BCUT2D eigenvalue weighted by Gasteiger charge is 2.33. The largest absolute Gasteiger partial charge is 0.308 e. The molecule has 2 aromatic heterocycles. The van der Waals surface area contributed by atoms with Crippen molar-refractivity contribution >= 4 is 88.1 Å². The molecular formula is C23H12Cl2F2N6O2S2. The predicted octanol–water partition coefficient (Wildman–Crippen LogP) is 7.59. The van der Waals surface area contributed by atoms with Crippen LogP contribution in [0, 0.1) is 21.7 Å². The Kier molecular flexibility index (Phi) is 5.91. The highest BCUT2D eigenvalue weighted by molar-refractivity contribution is 7.23. The van der Waals surface area contributed by atoms with Gasteiger partial charge in [-0.2, -0.15) is 4.39 Å². The van der Waals surface area contributed by atoms with Crippen LogP contribution in [-0.4, -0.2) is 20.7 Å². The molecule has 186 valence electrons. The first-order chi connectivity index (χ1) is 17.8. The van der Waals surface area contributed by atoms with Gasteiger partial charge in [0.1, 0.15) is 16.7 Å². The van der Waals surface area contributed by atoms with Gasteiger partial charge in [-0.1, -0.05) is 76.2 Å². The van der Waals surface area contributed by atoms with E-state index in [2.05, 4.69) is 20.4 Å². The van der Waals surface area contributed by atoms with Crippen molar-refractivity contribution in [2.45, 2.75) is 12.5 Å². The summed E-state index contributed by atoms with van der Waals surface area (Å²) in [5.74, 6) is -1.09. The summed E-state index contributed by atoms with van der Waals surface area (Å²) in [7, 11) is 0. The molecule has 1 saturated heterocycles. The molecule has 0 radical (unpaired) electrons. The van der Waals surface area contributed by atoms with Crippen LogP contribution in [0.5, 0.6) is 0 Å². The van der Waals surface area contributed by atoms with Gasteiger partial charge in [-0.05, 0) is 17.7 Å². The summed E-state index contributed by atoms with van der Waals surface area (Å²) in [6, 6.07) is 13.4. The van der Waals surface area contributed by atoms with Crippen LogP contribution in [0.1, 0.15) is 18.0 Å². The number of fused-ring (bicyclic) bond motifs is 2. The molecule has 0 saturated carbocycles. The van der Waals surface area contributed by atoms with Crippen molar-refractivity contribution < 1.29 is 13.7 Å². The van der Waals surface area contributed by atoms with E-state index in [1.54, 1.807) is 6.07 Å². The molecule has 37 heavy (non-hydrogen) atoms.